The molecule has 2 amide bonds. The number of aromatic nitrogens is 1. The number of rotatable bonds is 3. The van der Waals surface area contributed by atoms with Gasteiger partial charge < -0.3 is 4.90 Å². The Bertz CT molecular complexity index is 543. The zero-order valence-corrected chi connectivity index (χ0v) is 13.2. The molecule has 1 aromatic rings. The molecule has 2 aliphatic rings. The second-order valence-corrected chi connectivity index (χ2v) is 6.72. The summed E-state index contributed by atoms with van der Waals surface area (Å²) in [6.45, 7) is 3.73. The van der Waals surface area contributed by atoms with Gasteiger partial charge in [0.05, 0.1) is 12.1 Å². The van der Waals surface area contributed by atoms with Gasteiger partial charge in [0.1, 0.15) is 0 Å². The highest BCUT2D eigenvalue weighted by Crippen LogP contribution is 2.26. The fraction of sp³-hybridized carbons (Fsp3) is 0.667. The van der Waals surface area contributed by atoms with E-state index in [9.17, 15) is 9.59 Å². The van der Waals surface area contributed by atoms with Crippen LogP contribution < -0.4 is 4.90 Å². The molecule has 0 aromatic carbocycles. The zero-order valence-electron chi connectivity index (χ0n) is 12.4. The first-order valence-corrected chi connectivity index (χ1v) is 8.57. The molecule has 6 heteroatoms. The van der Waals surface area contributed by atoms with Gasteiger partial charge in [-0.1, -0.05) is 0 Å². The maximum atomic E-state index is 12.4. The predicted octanol–water partition coefficient (Wildman–Crippen LogP) is 2.21. The average molecular weight is 307 g/mol. The molecule has 2 aliphatic heterocycles. The van der Waals surface area contributed by atoms with Crippen LogP contribution >= 0.6 is 11.3 Å². The van der Waals surface area contributed by atoms with Crippen LogP contribution in [0.2, 0.25) is 0 Å². The Labute approximate surface area is 129 Å². The Morgan fingerprint density at radius 1 is 1.38 bits per heavy atom. The normalized spacial score (nSPS) is 22.9. The second-order valence-electron chi connectivity index (χ2n) is 5.88. The molecule has 0 N–H and O–H groups in total. The summed E-state index contributed by atoms with van der Waals surface area (Å²) in [7, 11) is 0. The quantitative estimate of drug-likeness (QED) is 0.860. The number of anilines is 1. The largest absolute Gasteiger partial charge is 0.340 e. The van der Waals surface area contributed by atoms with Gasteiger partial charge in [-0.25, -0.2) is 4.98 Å². The Morgan fingerprint density at radius 3 is 2.95 bits per heavy atom. The lowest BCUT2D eigenvalue weighted by atomic mass is 10.0. The molecular formula is C15H21N3O2S. The van der Waals surface area contributed by atoms with Crippen LogP contribution in [0.1, 0.15) is 44.7 Å². The third-order valence-corrected chi connectivity index (χ3v) is 5.21. The lowest BCUT2D eigenvalue weighted by molar-refractivity contribution is -0.133. The first-order valence-electron chi connectivity index (χ1n) is 7.69. The van der Waals surface area contributed by atoms with Gasteiger partial charge in [0.25, 0.3) is 0 Å². The molecule has 0 radical (unpaired) electrons. The van der Waals surface area contributed by atoms with Crippen molar-refractivity contribution >= 4 is 28.3 Å². The van der Waals surface area contributed by atoms with E-state index in [-0.39, 0.29) is 11.8 Å². The van der Waals surface area contributed by atoms with Crippen LogP contribution in [0.4, 0.5) is 5.13 Å². The molecule has 3 heterocycles. The van der Waals surface area contributed by atoms with E-state index in [1.807, 2.05) is 10.3 Å². The van der Waals surface area contributed by atoms with Gasteiger partial charge in [-0.3, -0.25) is 14.5 Å². The lowest BCUT2D eigenvalue weighted by Crippen LogP contribution is -2.42. The fourth-order valence-electron chi connectivity index (χ4n) is 3.08. The Kier molecular flexibility index (Phi) is 4.24. The van der Waals surface area contributed by atoms with Crippen molar-refractivity contribution in [2.75, 3.05) is 18.0 Å². The molecule has 1 atom stereocenters. The summed E-state index contributed by atoms with van der Waals surface area (Å²) >= 11 is 1.46. The third-order valence-electron chi connectivity index (χ3n) is 4.30. The highest BCUT2D eigenvalue weighted by Gasteiger charge is 2.26. The van der Waals surface area contributed by atoms with E-state index in [4.69, 9.17) is 0 Å². The minimum Gasteiger partial charge on any atom is -0.340 e. The van der Waals surface area contributed by atoms with E-state index in [0.717, 1.165) is 43.2 Å². The molecule has 1 aromatic heterocycles. The Morgan fingerprint density at radius 2 is 2.24 bits per heavy atom. The van der Waals surface area contributed by atoms with Gasteiger partial charge in [0.2, 0.25) is 11.8 Å². The molecule has 21 heavy (non-hydrogen) atoms. The van der Waals surface area contributed by atoms with E-state index in [1.165, 1.54) is 17.8 Å². The van der Waals surface area contributed by atoms with E-state index in [2.05, 4.69) is 11.9 Å². The summed E-state index contributed by atoms with van der Waals surface area (Å²) in [5.41, 5.74) is 0.789. The summed E-state index contributed by atoms with van der Waals surface area (Å²) < 4.78 is 0. The van der Waals surface area contributed by atoms with Gasteiger partial charge in [-0.2, -0.15) is 0 Å². The number of likely N-dealkylation sites (tertiary alicyclic amines) is 1. The number of nitrogens with zero attached hydrogens (tertiary/aromatic N) is 3. The van der Waals surface area contributed by atoms with E-state index in [0.29, 0.717) is 18.9 Å². The number of carbonyl (C=O) groups is 2. The maximum Gasteiger partial charge on any atom is 0.228 e. The summed E-state index contributed by atoms with van der Waals surface area (Å²) in [5, 5.41) is 2.65. The number of piperidine rings is 1. The van der Waals surface area contributed by atoms with Crippen molar-refractivity contribution < 1.29 is 9.59 Å². The van der Waals surface area contributed by atoms with Crippen molar-refractivity contribution in [3.05, 3.63) is 11.1 Å². The van der Waals surface area contributed by atoms with Gasteiger partial charge >= 0.3 is 0 Å². The monoisotopic (exact) mass is 307 g/mol. The number of amides is 2. The average Bonchev–Trinajstić information content (AvgIpc) is 3.08. The van der Waals surface area contributed by atoms with Crippen molar-refractivity contribution in [2.45, 2.75) is 51.5 Å². The summed E-state index contributed by atoms with van der Waals surface area (Å²) in [6.07, 6.45) is 5.26. The third kappa shape index (κ3) is 3.10. The molecule has 0 spiro atoms. The highest BCUT2D eigenvalue weighted by molar-refractivity contribution is 7.14. The first kappa shape index (κ1) is 14.5. The fourth-order valence-corrected chi connectivity index (χ4v) is 3.94. The van der Waals surface area contributed by atoms with Crippen LogP contribution in [0.15, 0.2) is 5.38 Å². The number of hydrogen-bond donors (Lipinski definition) is 0. The minimum absolute atomic E-state index is 0.145. The van der Waals surface area contributed by atoms with Crippen LogP contribution in [-0.2, 0) is 16.0 Å². The van der Waals surface area contributed by atoms with E-state index >= 15 is 0 Å². The maximum absolute atomic E-state index is 12.4. The van der Waals surface area contributed by atoms with Crippen LogP contribution in [0.25, 0.3) is 0 Å². The number of thiazole rings is 1. The topological polar surface area (TPSA) is 53.5 Å². The second kappa shape index (κ2) is 6.13. The van der Waals surface area contributed by atoms with Gasteiger partial charge in [0, 0.05) is 30.9 Å². The van der Waals surface area contributed by atoms with Crippen molar-refractivity contribution in [1.29, 1.82) is 0 Å². The molecule has 1 unspecified atom stereocenters. The molecule has 2 saturated heterocycles. The van der Waals surface area contributed by atoms with Crippen molar-refractivity contribution in [3.63, 3.8) is 0 Å². The number of carbonyl (C=O) groups excluding carboxylic acids is 2. The molecule has 5 nitrogen and oxygen atoms in total. The molecule has 114 valence electrons. The summed E-state index contributed by atoms with van der Waals surface area (Å²) in [6, 6.07) is 0.338. The van der Waals surface area contributed by atoms with Crippen LogP contribution in [-0.4, -0.2) is 40.8 Å². The minimum atomic E-state index is 0.145. The first-order chi connectivity index (χ1) is 10.1. The smallest absolute Gasteiger partial charge is 0.228 e. The van der Waals surface area contributed by atoms with Gasteiger partial charge in [0.15, 0.2) is 5.13 Å². The summed E-state index contributed by atoms with van der Waals surface area (Å²) in [5.74, 6) is 0.304. The Balaban J connectivity index is 1.64. The molecule has 0 bridgehead atoms. The van der Waals surface area contributed by atoms with Crippen molar-refractivity contribution in [1.82, 2.24) is 9.88 Å². The number of hydrogen-bond acceptors (Lipinski definition) is 4. The standard InChI is InChI=1S/C15H21N3O2S/c1-11-5-2-3-7-17(11)14(20)9-12-10-21-15(16-12)18-8-4-6-13(18)19/h10-11H,2-9H2,1H3. The molecule has 2 fully saturated rings. The Hall–Kier alpha value is -1.43. The lowest BCUT2D eigenvalue weighted by Gasteiger charge is -2.33. The van der Waals surface area contributed by atoms with Crippen LogP contribution in [0, 0.1) is 0 Å². The van der Waals surface area contributed by atoms with Gasteiger partial charge in [-0.05, 0) is 32.6 Å². The van der Waals surface area contributed by atoms with Crippen molar-refractivity contribution in [3.8, 4) is 0 Å². The SMILES string of the molecule is CC1CCCCN1C(=O)Cc1csc(N2CCCC2=O)n1. The van der Waals surface area contributed by atoms with Crippen LogP contribution in [0.3, 0.4) is 0 Å². The molecule has 0 aliphatic carbocycles. The molecule has 3 rings (SSSR count). The highest BCUT2D eigenvalue weighted by atomic mass is 32.1. The van der Waals surface area contributed by atoms with E-state index < -0.39 is 0 Å². The molecular weight excluding hydrogens is 286 g/mol. The van der Waals surface area contributed by atoms with Crippen LogP contribution in [0.5, 0.6) is 0 Å². The van der Waals surface area contributed by atoms with Crippen molar-refractivity contribution in [2.24, 2.45) is 0 Å². The van der Waals surface area contributed by atoms with E-state index in [1.54, 1.807) is 4.90 Å². The zero-order chi connectivity index (χ0) is 14.8. The van der Waals surface area contributed by atoms with Gasteiger partial charge in [-0.15, -0.1) is 11.3 Å². The predicted molar refractivity (Wildman–Crippen MR) is 82.4 cm³/mol. The summed E-state index contributed by atoms with van der Waals surface area (Å²) in [4.78, 5) is 32.3. The molecule has 0 saturated carbocycles.